The average molecular weight is 319 g/mol. The van der Waals surface area contributed by atoms with Crippen LogP contribution in [-0.4, -0.2) is 33.3 Å². The lowest BCUT2D eigenvalue weighted by Crippen LogP contribution is -2.45. The Morgan fingerprint density at radius 1 is 1.53 bits per heavy atom. The number of fused-ring (bicyclic) bond motifs is 1. The Morgan fingerprint density at radius 2 is 2.24 bits per heavy atom. The van der Waals surface area contributed by atoms with E-state index in [0.717, 1.165) is 10.2 Å². The second-order valence-corrected chi connectivity index (χ2v) is 7.06. The molecule has 1 aromatic carbocycles. The standard InChI is InChI=1S/C11H15BrN2O2S/c1-8-7-17(15,16)10-4-2-3-9(12)11(10)14(8)6-5-13/h2-4,8H,5-7,13H2,1H3. The third kappa shape index (κ3) is 2.21. The van der Waals surface area contributed by atoms with Crippen molar-refractivity contribution in [2.45, 2.75) is 17.9 Å². The average Bonchev–Trinajstić information content (AvgIpc) is 2.24. The zero-order valence-corrected chi connectivity index (χ0v) is 12.0. The SMILES string of the molecule is CC1CS(=O)(=O)c2cccc(Br)c2N1CCN. The lowest BCUT2D eigenvalue weighted by Gasteiger charge is -2.37. The summed E-state index contributed by atoms with van der Waals surface area (Å²) in [6.07, 6.45) is 0. The fourth-order valence-electron chi connectivity index (χ4n) is 2.21. The van der Waals surface area contributed by atoms with Crippen LogP contribution in [0.2, 0.25) is 0 Å². The van der Waals surface area contributed by atoms with Crippen molar-refractivity contribution in [1.82, 2.24) is 0 Å². The quantitative estimate of drug-likeness (QED) is 0.895. The monoisotopic (exact) mass is 318 g/mol. The summed E-state index contributed by atoms with van der Waals surface area (Å²) in [6.45, 7) is 3.08. The van der Waals surface area contributed by atoms with Gasteiger partial charge in [-0.15, -0.1) is 0 Å². The van der Waals surface area contributed by atoms with E-state index in [1.165, 1.54) is 0 Å². The van der Waals surface area contributed by atoms with E-state index in [-0.39, 0.29) is 11.8 Å². The first kappa shape index (κ1) is 12.9. The molecule has 1 aliphatic heterocycles. The van der Waals surface area contributed by atoms with Crippen LogP contribution in [0.1, 0.15) is 6.92 Å². The molecule has 0 amide bonds. The van der Waals surface area contributed by atoms with Crippen LogP contribution >= 0.6 is 15.9 Å². The highest BCUT2D eigenvalue weighted by Gasteiger charge is 2.34. The molecular formula is C11H15BrN2O2S. The molecule has 1 heterocycles. The smallest absolute Gasteiger partial charge is 0.182 e. The molecule has 1 aromatic rings. The summed E-state index contributed by atoms with van der Waals surface area (Å²) < 4.78 is 25.0. The molecule has 1 unspecified atom stereocenters. The molecule has 2 N–H and O–H groups in total. The maximum atomic E-state index is 12.1. The molecule has 1 aliphatic rings. The second kappa shape index (κ2) is 4.59. The maximum absolute atomic E-state index is 12.1. The fraction of sp³-hybridized carbons (Fsp3) is 0.455. The van der Waals surface area contributed by atoms with Gasteiger partial charge >= 0.3 is 0 Å². The van der Waals surface area contributed by atoms with Gasteiger partial charge in [0.05, 0.1) is 16.3 Å². The number of nitrogens with two attached hydrogens (primary N) is 1. The van der Waals surface area contributed by atoms with E-state index in [0.29, 0.717) is 18.0 Å². The largest absolute Gasteiger partial charge is 0.365 e. The van der Waals surface area contributed by atoms with Gasteiger partial charge in [-0.3, -0.25) is 0 Å². The highest BCUT2D eigenvalue weighted by molar-refractivity contribution is 9.10. The van der Waals surface area contributed by atoms with Gasteiger partial charge in [-0.05, 0) is 35.0 Å². The molecule has 2 rings (SSSR count). The molecule has 0 aromatic heterocycles. The summed E-state index contributed by atoms with van der Waals surface area (Å²) in [5.41, 5.74) is 6.34. The van der Waals surface area contributed by atoms with Crippen LogP contribution in [0, 0.1) is 0 Å². The van der Waals surface area contributed by atoms with E-state index in [2.05, 4.69) is 20.8 Å². The first-order valence-corrected chi connectivity index (χ1v) is 7.90. The lowest BCUT2D eigenvalue weighted by molar-refractivity contribution is 0.571. The number of rotatable bonds is 2. The fourth-order valence-corrected chi connectivity index (χ4v) is 4.74. The van der Waals surface area contributed by atoms with E-state index < -0.39 is 9.84 Å². The van der Waals surface area contributed by atoms with E-state index in [1.54, 1.807) is 12.1 Å². The topological polar surface area (TPSA) is 63.4 Å². The number of halogens is 1. The maximum Gasteiger partial charge on any atom is 0.182 e. The zero-order chi connectivity index (χ0) is 12.6. The lowest BCUT2D eigenvalue weighted by atomic mass is 10.2. The van der Waals surface area contributed by atoms with Gasteiger partial charge in [-0.1, -0.05) is 6.07 Å². The Kier molecular flexibility index (Phi) is 3.47. The van der Waals surface area contributed by atoms with Crippen molar-refractivity contribution < 1.29 is 8.42 Å². The molecule has 0 aliphatic carbocycles. The normalized spacial score (nSPS) is 22.3. The Labute approximate surface area is 110 Å². The summed E-state index contributed by atoms with van der Waals surface area (Å²) in [5.74, 6) is 0.149. The molecule has 0 spiro atoms. The third-order valence-corrected chi connectivity index (χ3v) is 5.50. The molecule has 4 nitrogen and oxygen atoms in total. The molecule has 0 saturated heterocycles. The first-order valence-electron chi connectivity index (χ1n) is 5.45. The van der Waals surface area contributed by atoms with Crippen LogP contribution in [0.15, 0.2) is 27.6 Å². The van der Waals surface area contributed by atoms with E-state index >= 15 is 0 Å². The van der Waals surface area contributed by atoms with Crippen LogP contribution < -0.4 is 10.6 Å². The zero-order valence-electron chi connectivity index (χ0n) is 9.56. The Balaban J connectivity index is 2.64. The minimum atomic E-state index is -3.18. The number of hydrogen-bond donors (Lipinski definition) is 1. The van der Waals surface area contributed by atoms with E-state index in [1.807, 2.05) is 13.0 Å². The summed E-state index contributed by atoms with van der Waals surface area (Å²) in [4.78, 5) is 2.46. The van der Waals surface area contributed by atoms with Crippen molar-refractivity contribution >= 4 is 31.5 Å². The number of hydrogen-bond acceptors (Lipinski definition) is 4. The number of anilines is 1. The molecule has 0 saturated carbocycles. The number of nitrogens with zero attached hydrogens (tertiary/aromatic N) is 1. The highest BCUT2D eigenvalue weighted by atomic mass is 79.9. The van der Waals surface area contributed by atoms with Crippen molar-refractivity contribution in [2.24, 2.45) is 5.73 Å². The molecule has 0 radical (unpaired) electrons. The predicted octanol–water partition coefficient (Wildman–Crippen LogP) is 1.39. The van der Waals surface area contributed by atoms with E-state index in [4.69, 9.17) is 5.73 Å². The Morgan fingerprint density at radius 3 is 2.88 bits per heavy atom. The van der Waals surface area contributed by atoms with Gasteiger partial charge in [0.25, 0.3) is 0 Å². The number of sulfone groups is 1. The molecular weight excluding hydrogens is 304 g/mol. The summed E-state index contributed by atoms with van der Waals surface area (Å²) >= 11 is 3.42. The van der Waals surface area contributed by atoms with Crippen LogP contribution in [0.5, 0.6) is 0 Å². The molecule has 1 atom stereocenters. The highest BCUT2D eigenvalue weighted by Crippen LogP contribution is 2.38. The van der Waals surface area contributed by atoms with Crippen LogP contribution in [0.4, 0.5) is 5.69 Å². The molecule has 6 heteroatoms. The van der Waals surface area contributed by atoms with Crippen molar-refractivity contribution in [2.75, 3.05) is 23.7 Å². The summed E-state index contributed by atoms with van der Waals surface area (Å²) in [6, 6.07) is 5.22. The van der Waals surface area contributed by atoms with Gasteiger partial charge in [-0.25, -0.2) is 8.42 Å². The van der Waals surface area contributed by atoms with Crippen LogP contribution in [0.25, 0.3) is 0 Å². The van der Waals surface area contributed by atoms with Gasteiger partial charge < -0.3 is 10.6 Å². The van der Waals surface area contributed by atoms with Gasteiger partial charge in [0.1, 0.15) is 0 Å². The minimum absolute atomic E-state index is 0.0465. The van der Waals surface area contributed by atoms with Gasteiger partial charge in [0.2, 0.25) is 0 Å². The predicted molar refractivity (Wildman–Crippen MR) is 72.1 cm³/mol. The molecule has 0 bridgehead atoms. The summed E-state index contributed by atoms with van der Waals surface area (Å²) in [5, 5.41) is 0. The van der Waals surface area contributed by atoms with Crippen molar-refractivity contribution in [3.8, 4) is 0 Å². The van der Waals surface area contributed by atoms with E-state index in [9.17, 15) is 8.42 Å². The first-order chi connectivity index (χ1) is 7.97. The minimum Gasteiger partial charge on any atom is -0.365 e. The Bertz CT molecular complexity index is 530. The molecule has 0 fully saturated rings. The van der Waals surface area contributed by atoms with Gasteiger partial charge in [-0.2, -0.15) is 0 Å². The summed E-state index contributed by atoms with van der Waals surface area (Å²) in [7, 11) is -3.18. The van der Waals surface area contributed by atoms with Crippen LogP contribution in [0.3, 0.4) is 0 Å². The third-order valence-electron chi connectivity index (χ3n) is 2.93. The van der Waals surface area contributed by atoms with Crippen molar-refractivity contribution in [3.05, 3.63) is 22.7 Å². The van der Waals surface area contributed by atoms with Crippen molar-refractivity contribution in [3.63, 3.8) is 0 Å². The molecule has 94 valence electrons. The molecule has 17 heavy (non-hydrogen) atoms. The van der Waals surface area contributed by atoms with Gasteiger partial charge in [0.15, 0.2) is 9.84 Å². The van der Waals surface area contributed by atoms with Crippen molar-refractivity contribution in [1.29, 1.82) is 0 Å². The van der Waals surface area contributed by atoms with Crippen LogP contribution in [-0.2, 0) is 9.84 Å². The Hall–Kier alpha value is -0.590. The van der Waals surface area contributed by atoms with Gasteiger partial charge in [0, 0.05) is 23.6 Å². The number of benzene rings is 1. The second-order valence-electron chi connectivity index (χ2n) is 4.20. The number of para-hydroxylation sites is 1.